The van der Waals surface area contributed by atoms with E-state index >= 15 is 0 Å². The quantitative estimate of drug-likeness (QED) is 0.504. The van der Waals surface area contributed by atoms with Crippen molar-refractivity contribution in [3.05, 3.63) is 0 Å². The van der Waals surface area contributed by atoms with E-state index in [9.17, 15) is 9.59 Å². The Bertz CT molecular complexity index is 213. The van der Waals surface area contributed by atoms with Gasteiger partial charge >= 0.3 is 5.97 Å². The lowest BCUT2D eigenvalue weighted by atomic mass is 9.88. The Hall–Kier alpha value is -0.860. The van der Waals surface area contributed by atoms with Gasteiger partial charge in [0.1, 0.15) is 5.78 Å². The van der Waals surface area contributed by atoms with Gasteiger partial charge in [-0.05, 0) is 12.8 Å². The fourth-order valence-corrected chi connectivity index (χ4v) is 1.21. The van der Waals surface area contributed by atoms with Crippen LogP contribution in [0.3, 0.4) is 0 Å². The van der Waals surface area contributed by atoms with E-state index in [1.807, 2.05) is 20.8 Å². The number of hydrogen-bond donors (Lipinski definition) is 0. The number of esters is 1. The minimum Gasteiger partial charge on any atom is -0.469 e. The highest BCUT2D eigenvalue weighted by Gasteiger charge is 2.19. The molecule has 0 aliphatic carbocycles. The molecule has 0 saturated carbocycles. The third kappa shape index (κ3) is 7.11. The predicted octanol–water partition coefficient (Wildman–Crippen LogP) is 2.73. The summed E-state index contributed by atoms with van der Waals surface area (Å²) in [5.41, 5.74) is -0.234. The van der Waals surface area contributed by atoms with Gasteiger partial charge in [0, 0.05) is 18.3 Å². The first-order valence-electron chi connectivity index (χ1n) is 5.48. The molecule has 0 radical (unpaired) electrons. The van der Waals surface area contributed by atoms with Gasteiger partial charge in [-0.25, -0.2) is 0 Å². The number of carbonyl (C=O) groups excluding carboxylic acids is 2. The second kappa shape index (κ2) is 6.59. The summed E-state index contributed by atoms with van der Waals surface area (Å²) < 4.78 is 4.53. The molecule has 0 aliphatic rings. The van der Waals surface area contributed by atoms with Crippen LogP contribution in [-0.2, 0) is 14.3 Å². The standard InChI is InChI=1S/C12H22O3/c1-12(2,3)10(13)8-6-5-7-9-11(14)15-4/h5-9H2,1-4H3. The molecule has 0 spiro atoms. The number of carbonyl (C=O) groups is 2. The maximum Gasteiger partial charge on any atom is 0.305 e. The summed E-state index contributed by atoms with van der Waals surface area (Å²) in [5.74, 6) is 0.123. The van der Waals surface area contributed by atoms with Crippen LogP contribution in [-0.4, -0.2) is 18.9 Å². The smallest absolute Gasteiger partial charge is 0.305 e. The zero-order valence-corrected chi connectivity index (χ0v) is 10.3. The van der Waals surface area contributed by atoms with E-state index in [0.29, 0.717) is 18.6 Å². The number of Topliss-reactive ketones (excluding diaryl/α,β-unsaturated/α-hetero) is 1. The first-order chi connectivity index (χ1) is 6.88. The van der Waals surface area contributed by atoms with E-state index in [1.165, 1.54) is 7.11 Å². The summed E-state index contributed by atoms with van der Waals surface area (Å²) in [7, 11) is 1.39. The van der Waals surface area contributed by atoms with Crippen LogP contribution < -0.4 is 0 Å². The third-order valence-corrected chi connectivity index (χ3v) is 2.35. The Labute approximate surface area is 92.2 Å². The molecule has 15 heavy (non-hydrogen) atoms. The molecule has 0 unspecified atom stereocenters. The van der Waals surface area contributed by atoms with Gasteiger partial charge in [-0.15, -0.1) is 0 Å². The summed E-state index contributed by atoms with van der Waals surface area (Å²) in [5, 5.41) is 0. The fourth-order valence-electron chi connectivity index (χ4n) is 1.21. The molecule has 0 heterocycles. The number of unbranched alkanes of at least 4 members (excludes halogenated alkanes) is 2. The van der Waals surface area contributed by atoms with Crippen molar-refractivity contribution in [3.63, 3.8) is 0 Å². The number of ketones is 1. The molecule has 0 saturated heterocycles. The van der Waals surface area contributed by atoms with Gasteiger partial charge in [0.25, 0.3) is 0 Å². The van der Waals surface area contributed by atoms with E-state index in [1.54, 1.807) is 0 Å². The number of hydrogen-bond acceptors (Lipinski definition) is 3. The van der Waals surface area contributed by atoms with Gasteiger partial charge in [0.15, 0.2) is 0 Å². The van der Waals surface area contributed by atoms with Crippen LogP contribution in [0.1, 0.15) is 52.9 Å². The van der Waals surface area contributed by atoms with Crippen LogP contribution >= 0.6 is 0 Å². The molecule has 0 aliphatic heterocycles. The van der Waals surface area contributed by atoms with Crippen LogP contribution in [0.25, 0.3) is 0 Å². The maximum absolute atomic E-state index is 11.5. The molecule has 0 rings (SSSR count). The molecule has 3 heteroatoms. The summed E-state index contributed by atoms with van der Waals surface area (Å²) in [4.78, 5) is 22.3. The van der Waals surface area contributed by atoms with Crippen molar-refractivity contribution in [2.75, 3.05) is 7.11 Å². The Morgan fingerprint density at radius 2 is 1.53 bits per heavy atom. The second-order valence-electron chi connectivity index (χ2n) is 4.81. The van der Waals surface area contributed by atoms with Crippen molar-refractivity contribution in [3.8, 4) is 0 Å². The highest BCUT2D eigenvalue weighted by molar-refractivity contribution is 5.83. The summed E-state index contributed by atoms with van der Waals surface area (Å²) in [6.07, 6.45) is 3.67. The lowest BCUT2D eigenvalue weighted by molar-refractivity contribution is -0.140. The molecule has 0 bridgehead atoms. The van der Waals surface area contributed by atoms with Crippen LogP contribution in [0.15, 0.2) is 0 Å². The number of rotatable bonds is 6. The Morgan fingerprint density at radius 3 is 2.00 bits per heavy atom. The lowest BCUT2D eigenvalue weighted by Crippen LogP contribution is -2.19. The van der Waals surface area contributed by atoms with Crippen molar-refractivity contribution in [2.24, 2.45) is 5.41 Å². The van der Waals surface area contributed by atoms with Crippen molar-refractivity contribution >= 4 is 11.8 Å². The molecule has 0 N–H and O–H groups in total. The summed E-state index contributed by atoms with van der Waals surface area (Å²) >= 11 is 0. The van der Waals surface area contributed by atoms with Crippen LogP contribution in [0.4, 0.5) is 0 Å². The molecular formula is C12H22O3. The van der Waals surface area contributed by atoms with Gasteiger partial charge in [-0.3, -0.25) is 9.59 Å². The van der Waals surface area contributed by atoms with E-state index in [4.69, 9.17) is 0 Å². The van der Waals surface area contributed by atoms with Crippen molar-refractivity contribution < 1.29 is 14.3 Å². The van der Waals surface area contributed by atoms with Gasteiger partial charge in [-0.2, -0.15) is 0 Å². The molecule has 0 fully saturated rings. The Kier molecular flexibility index (Phi) is 6.21. The van der Waals surface area contributed by atoms with Crippen molar-refractivity contribution in [1.82, 2.24) is 0 Å². The van der Waals surface area contributed by atoms with E-state index in [-0.39, 0.29) is 11.4 Å². The van der Waals surface area contributed by atoms with Crippen LogP contribution in [0, 0.1) is 5.41 Å². The maximum atomic E-state index is 11.5. The predicted molar refractivity (Wildman–Crippen MR) is 59.6 cm³/mol. The highest BCUT2D eigenvalue weighted by Crippen LogP contribution is 2.18. The topological polar surface area (TPSA) is 43.4 Å². The summed E-state index contributed by atoms with van der Waals surface area (Å²) in [6.45, 7) is 5.80. The normalized spacial score (nSPS) is 11.2. The molecule has 0 amide bonds. The molecule has 0 aromatic heterocycles. The molecule has 3 nitrogen and oxygen atoms in total. The van der Waals surface area contributed by atoms with E-state index in [0.717, 1.165) is 19.3 Å². The Balaban J connectivity index is 3.48. The number of ether oxygens (including phenoxy) is 1. The van der Waals surface area contributed by atoms with Crippen molar-refractivity contribution in [1.29, 1.82) is 0 Å². The molecule has 88 valence electrons. The Morgan fingerprint density at radius 1 is 1.00 bits per heavy atom. The lowest BCUT2D eigenvalue weighted by Gasteiger charge is -2.15. The average Bonchev–Trinajstić information content (AvgIpc) is 2.15. The largest absolute Gasteiger partial charge is 0.469 e. The minimum atomic E-state index is -0.234. The SMILES string of the molecule is COC(=O)CCCCCC(=O)C(C)(C)C. The molecule has 0 atom stereocenters. The first-order valence-corrected chi connectivity index (χ1v) is 5.48. The molecule has 0 aromatic rings. The zero-order valence-electron chi connectivity index (χ0n) is 10.3. The van der Waals surface area contributed by atoms with Gasteiger partial charge in [0.2, 0.25) is 0 Å². The van der Waals surface area contributed by atoms with Crippen LogP contribution in [0.2, 0.25) is 0 Å². The molecule has 0 aromatic carbocycles. The zero-order chi connectivity index (χ0) is 11.9. The summed E-state index contributed by atoms with van der Waals surface area (Å²) in [6, 6.07) is 0. The molecular weight excluding hydrogens is 192 g/mol. The highest BCUT2D eigenvalue weighted by atomic mass is 16.5. The van der Waals surface area contributed by atoms with E-state index < -0.39 is 0 Å². The van der Waals surface area contributed by atoms with Crippen LogP contribution in [0.5, 0.6) is 0 Å². The van der Waals surface area contributed by atoms with Crippen molar-refractivity contribution in [2.45, 2.75) is 52.9 Å². The number of methoxy groups -OCH3 is 1. The van der Waals surface area contributed by atoms with E-state index in [2.05, 4.69) is 4.74 Å². The van der Waals surface area contributed by atoms with Gasteiger partial charge < -0.3 is 4.74 Å². The van der Waals surface area contributed by atoms with Gasteiger partial charge in [0.05, 0.1) is 7.11 Å². The monoisotopic (exact) mass is 214 g/mol. The third-order valence-electron chi connectivity index (χ3n) is 2.35. The first kappa shape index (κ1) is 14.1. The second-order valence-corrected chi connectivity index (χ2v) is 4.81. The fraction of sp³-hybridized carbons (Fsp3) is 0.833. The average molecular weight is 214 g/mol. The van der Waals surface area contributed by atoms with Gasteiger partial charge in [-0.1, -0.05) is 27.2 Å². The minimum absolute atomic E-state index is 0.169.